The fourth-order valence-corrected chi connectivity index (χ4v) is 2.73. The zero-order chi connectivity index (χ0) is 10.3. The van der Waals surface area contributed by atoms with Crippen LogP contribution in [0.4, 0.5) is 0 Å². The molecular weight excluding hydrogens is 190 g/mol. The van der Waals surface area contributed by atoms with E-state index in [4.69, 9.17) is 0 Å². The van der Waals surface area contributed by atoms with E-state index < -0.39 is 0 Å². The highest BCUT2D eigenvalue weighted by molar-refractivity contribution is 5.96. The van der Waals surface area contributed by atoms with Gasteiger partial charge < -0.3 is 5.32 Å². The largest absolute Gasteiger partial charge is 0.310 e. The molecule has 2 bridgehead atoms. The average molecular weight is 203 g/mol. The first kappa shape index (κ1) is 8.97. The first-order valence-electron chi connectivity index (χ1n) is 5.41. The molecule has 3 rings (SSSR count). The van der Waals surface area contributed by atoms with Gasteiger partial charge in [-0.15, -0.1) is 0 Å². The number of rotatable bonds is 2. The standard InChI is InChI=1S/C11H13N3O/c15-11(10-6-12-3-4-13-10)8-5-7-1-2-9(8)14-7/h3-4,6-9,14H,1-2,5H2. The van der Waals surface area contributed by atoms with E-state index in [1.807, 2.05) is 0 Å². The number of aromatic nitrogens is 2. The van der Waals surface area contributed by atoms with Crippen LogP contribution in [0.2, 0.25) is 0 Å². The van der Waals surface area contributed by atoms with Crippen LogP contribution in [0, 0.1) is 5.92 Å². The highest BCUT2D eigenvalue weighted by Gasteiger charge is 2.43. The highest BCUT2D eigenvalue weighted by atomic mass is 16.1. The molecule has 0 spiro atoms. The first-order chi connectivity index (χ1) is 7.34. The first-order valence-corrected chi connectivity index (χ1v) is 5.41. The molecule has 0 aliphatic carbocycles. The predicted octanol–water partition coefficient (Wildman–Crippen LogP) is 0.800. The summed E-state index contributed by atoms with van der Waals surface area (Å²) in [6.45, 7) is 0. The van der Waals surface area contributed by atoms with Crippen molar-refractivity contribution in [3.8, 4) is 0 Å². The molecule has 3 atom stereocenters. The molecule has 4 nitrogen and oxygen atoms in total. The summed E-state index contributed by atoms with van der Waals surface area (Å²) in [5.74, 6) is 0.281. The fourth-order valence-electron chi connectivity index (χ4n) is 2.73. The zero-order valence-electron chi connectivity index (χ0n) is 8.39. The molecule has 3 unspecified atom stereocenters. The summed E-state index contributed by atoms with van der Waals surface area (Å²) >= 11 is 0. The van der Waals surface area contributed by atoms with Crippen molar-refractivity contribution >= 4 is 5.78 Å². The second-order valence-electron chi connectivity index (χ2n) is 4.34. The van der Waals surface area contributed by atoms with Crippen molar-refractivity contribution in [3.05, 3.63) is 24.3 Å². The maximum Gasteiger partial charge on any atom is 0.187 e. The van der Waals surface area contributed by atoms with Gasteiger partial charge in [0, 0.05) is 30.4 Å². The van der Waals surface area contributed by atoms with Gasteiger partial charge >= 0.3 is 0 Å². The molecule has 1 N–H and O–H groups in total. The van der Waals surface area contributed by atoms with Gasteiger partial charge in [0.25, 0.3) is 0 Å². The lowest BCUT2D eigenvalue weighted by atomic mass is 9.85. The maximum absolute atomic E-state index is 12.1. The van der Waals surface area contributed by atoms with Crippen molar-refractivity contribution in [2.45, 2.75) is 31.3 Å². The molecule has 1 aromatic rings. The highest BCUT2D eigenvalue weighted by Crippen LogP contribution is 2.34. The van der Waals surface area contributed by atoms with Gasteiger partial charge in [0.05, 0.1) is 6.20 Å². The second kappa shape index (κ2) is 3.38. The molecule has 0 aromatic carbocycles. The minimum Gasteiger partial charge on any atom is -0.310 e. The zero-order valence-corrected chi connectivity index (χ0v) is 8.39. The quantitative estimate of drug-likeness (QED) is 0.722. The van der Waals surface area contributed by atoms with Crippen LogP contribution in [0.3, 0.4) is 0 Å². The van der Waals surface area contributed by atoms with Crippen LogP contribution < -0.4 is 5.32 Å². The van der Waals surface area contributed by atoms with Gasteiger partial charge in [0.1, 0.15) is 5.69 Å². The van der Waals surface area contributed by atoms with Crippen molar-refractivity contribution in [2.75, 3.05) is 0 Å². The normalized spacial score (nSPS) is 33.2. The predicted molar refractivity (Wildman–Crippen MR) is 54.4 cm³/mol. The van der Waals surface area contributed by atoms with Crippen molar-refractivity contribution < 1.29 is 4.79 Å². The molecule has 2 fully saturated rings. The van der Waals surface area contributed by atoms with E-state index in [0.717, 1.165) is 12.8 Å². The summed E-state index contributed by atoms with van der Waals surface area (Å²) in [6.07, 6.45) is 8.05. The number of carbonyl (C=O) groups excluding carboxylic acids is 1. The molecule has 0 radical (unpaired) electrons. The lowest BCUT2D eigenvalue weighted by molar-refractivity contribution is 0.0895. The number of carbonyl (C=O) groups is 1. The van der Waals surface area contributed by atoms with Crippen LogP contribution in [0.15, 0.2) is 18.6 Å². The Morgan fingerprint density at radius 3 is 2.93 bits per heavy atom. The fraction of sp³-hybridized carbons (Fsp3) is 0.545. The molecular formula is C11H13N3O. The Kier molecular flexibility index (Phi) is 2.02. The van der Waals surface area contributed by atoms with E-state index >= 15 is 0 Å². The number of Topliss-reactive ketones (excluding diaryl/α,β-unsaturated/α-hetero) is 1. The van der Waals surface area contributed by atoms with E-state index in [1.165, 1.54) is 6.42 Å². The molecule has 2 aliphatic rings. The third-order valence-corrected chi connectivity index (χ3v) is 3.45. The Morgan fingerprint density at radius 2 is 2.33 bits per heavy atom. The number of hydrogen-bond acceptors (Lipinski definition) is 4. The number of nitrogens with one attached hydrogen (secondary N) is 1. The van der Waals surface area contributed by atoms with Crippen molar-refractivity contribution in [1.29, 1.82) is 0 Å². The van der Waals surface area contributed by atoms with Crippen LogP contribution >= 0.6 is 0 Å². The topological polar surface area (TPSA) is 54.9 Å². The molecule has 1 aromatic heterocycles. The molecule has 0 saturated carbocycles. The van der Waals surface area contributed by atoms with Gasteiger partial charge in [-0.05, 0) is 19.3 Å². The summed E-state index contributed by atoms with van der Waals surface area (Å²) in [6, 6.07) is 0.935. The maximum atomic E-state index is 12.1. The van der Waals surface area contributed by atoms with Crippen molar-refractivity contribution in [3.63, 3.8) is 0 Å². The Bertz CT molecular complexity index is 379. The van der Waals surface area contributed by atoms with Gasteiger partial charge in [-0.25, -0.2) is 4.98 Å². The molecule has 4 heteroatoms. The number of ketones is 1. The molecule has 3 heterocycles. The second-order valence-corrected chi connectivity index (χ2v) is 4.34. The summed E-state index contributed by atoms with van der Waals surface area (Å²) in [5, 5.41) is 3.46. The van der Waals surface area contributed by atoms with E-state index in [1.54, 1.807) is 18.6 Å². The minimum absolute atomic E-state index is 0.125. The van der Waals surface area contributed by atoms with E-state index in [0.29, 0.717) is 17.8 Å². The van der Waals surface area contributed by atoms with Crippen LogP contribution in [0.25, 0.3) is 0 Å². The van der Waals surface area contributed by atoms with Gasteiger partial charge in [-0.3, -0.25) is 9.78 Å². The van der Waals surface area contributed by atoms with Crippen molar-refractivity contribution in [1.82, 2.24) is 15.3 Å². The van der Waals surface area contributed by atoms with E-state index in [-0.39, 0.29) is 11.7 Å². The van der Waals surface area contributed by atoms with Crippen molar-refractivity contribution in [2.24, 2.45) is 5.92 Å². The van der Waals surface area contributed by atoms with Gasteiger partial charge in [-0.2, -0.15) is 0 Å². The summed E-state index contributed by atoms with van der Waals surface area (Å²) < 4.78 is 0. The van der Waals surface area contributed by atoms with E-state index in [9.17, 15) is 4.79 Å². The third-order valence-electron chi connectivity index (χ3n) is 3.45. The minimum atomic E-state index is 0.125. The summed E-state index contributed by atoms with van der Waals surface area (Å²) in [5.41, 5.74) is 0.511. The number of nitrogens with zero attached hydrogens (tertiary/aromatic N) is 2. The molecule has 0 amide bonds. The van der Waals surface area contributed by atoms with Crippen LogP contribution in [-0.4, -0.2) is 27.8 Å². The lowest BCUT2D eigenvalue weighted by Gasteiger charge is -2.17. The molecule has 2 aliphatic heterocycles. The average Bonchev–Trinajstić information content (AvgIpc) is 2.91. The summed E-state index contributed by atoms with van der Waals surface area (Å²) in [4.78, 5) is 20.1. The Hall–Kier alpha value is -1.29. The number of fused-ring (bicyclic) bond motifs is 2. The van der Waals surface area contributed by atoms with Gasteiger partial charge in [0.15, 0.2) is 5.78 Å². The lowest BCUT2D eigenvalue weighted by Crippen LogP contribution is -2.29. The SMILES string of the molecule is O=C(c1cnccn1)C1CC2CCC1N2. The van der Waals surface area contributed by atoms with Gasteiger partial charge in [0.2, 0.25) is 0 Å². The molecule has 2 saturated heterocycles. The third kappa shape index (κ3) is 1.45. The van der Waals surface area contributed by atoms with Crippen LogP contribution in [0.1, 0.15) is 29.8 Å². The Labute approximate surface area is 88.1 Å². The van der Waals surface area contributed by atoms with E-state index in [2.05, 4.69) is 15.3 Å². The van der Waals surface area contributed by atoms with Gasteiger partial charge in [-0.1, -0.05) is 0 Å². The van der Waals surface area contributed by atoms with Crippen LogP contribution in [0.5, 0.6) is 0 Å². The molecule has 15 heavy (non-hydrogen) atoms. The monoisotopic (exact) mass is 203 g/mol. The summed E-state index contributed by atoms with van der Waals surface area (Å²) in [7, 11) is 0. The van der Waals surface area contributed by atoms with Crippen LogP contribution in [-0.2, 0) is 0 Å². The Morgan fingerprint density at radius 1 is 1.40 bits per heavy atom. The number of hydrogen-bond donors (Lipinski definition) is 1. The molecule has 78 valence electrons. The smallest absolute Gasteiger partial charge is 0.187 e. The Balaban J connectivity index is 1.81.